The summed E-state index contributed by atoms with van der Waals surface area (Å²) in [5, 5.41) is 0. The minimum atomic E-state index is -0.449. The number of carbonyl (C=O) groups is 4. The van der Waals surface area contributed by atoms with E-state index in [1.807, 2.05) is 48.5 Å². The zero-order valence-electron chi connectivity index (χ0n) is 23.5. The summed E-state index contributed by atoms with van der Waals surface area (Å²) in [5.74, 6) is 0.234. The second-order valence-corrected chi connectivity index (χ2v) is 12.5. The highest BCUT2D eigenvalue weighted by Crippen LogP contribution is 2.68. The van der Waals surface area contributed by atoms with E-state index >= 15 is 0 Å². The summed E-state index contributed by atoms with van der Waals surface area (Å²) >= 11 is 0. The van der Waals surface area contributed by atoms with Gasteiger partial charge in [-0.15, -0.1) is 0 Å². The van der Waals surface area contributed by atoms with Crippen LogP contribution in [0.25, 0.3) is 16.7 Å². The molecule has 1 aliphatic carbocycles. The zero-order valence-corrected chi connectivity index (χ0v) is 23.5. The maximum absolute atomic E-state index is 12.0. The van der Waals surface area contributed by atoms with Crippen LogP contribution in [0.4, 0.5) is 0 Å². The van der Waals surface area contributed by atoms with Crippen molar-refractivity contribution in [2.75, 3.05) is 0 Å². The van der Waals surface area contributed by atoms with Crippen molar-refractivity contribution in [2.24, 2.45) is 0 Å². The van der Waals surface area contributed by atoms with Crippen LogP contribution in [-0.2, 0) is 11.1 Å². The average molecular weight is 564 g/mol. The lowest BCUT2D eigenvalue weighted by molar-refractivity contribution is 0.0347. The Morgan fingerprint density at radius 3 is 1.93 bits per heavy atom. The van der Waals surface area contributed by atoms with Crippen LogP contribution in [0.2, 0.25) is 0 Å². The van der Waals surface area contributed by atoms with Gasteiger partial charge >= 0.3 is 0 Å². The van der Waals surface area contributed by atoms with Crippen LogP contribution in [0.1, 0.15) is 95.3 Å². The molecule has 4 aromatic rings. The lowest BCUT2D eigenvalue weighted by Crippen LogP contribution is -2.54. The molecule has 210 valence electrons. The summed E-state index contributed by atoms with van der Waals surface area (Å²) in [6.45, 7) is 0. The number of rotatable bonds is 6. The van der Waals surface area contributed by atoms with Crippen molar-refractivity contribution in [3.63, 3.8) is 0 Å². The maximum atomic E-state index is 12.0. The Hall–Kier alpha value is -4.74. The molecule has 3 heterocycles. The minimum Gasteiger partial charge on any atom is -0.298 e. The van der Waals surface area contributed by atoms with Gasteiger partial charge in [0.1, 0.15) is 25.1 Å². The van der Waals surface area contributed by atoms with Gasteiger partial charge in [-0.25, -0.2) is 0 Å². The quantitative estimate of drug-likeness (QED) is 0.233. The van der Waals surface area contributed by atoms with Crippen molar-refractivity contribution in [2.45, 2.75) is 48.7 Å². The van der Waals surface area contributed by atoms with Gasteiger partial charge in [-0.3, -0.25) is 24.1 Å². The molecule has 0 radical (unpaired) electrons. The molecule has 8 rings (SSSR count). The maximum Gasteiger partial charge on any atom is 0.150 e. The van der Waals surface area contributed by atoms with E-state index in [0.29, 0.717) is 22.3 Å². The predicted molar refractivity (Wildman–Crippen MR) is 164 cm³/mol. The van der Waals surface area contributed by atoms with Crippen LogP contribution >= 0.6 is 0 Å². The number of carbonyl (C=O) groups excluding carboxylic acids is 4. The Labute approximate surface area is 249 Å². The summed E-state index contributed by atoms with van der Waals surface area (Å²) in [6, 6.07) is 28.3. The van der Waals surface area contributed by atoms with E-state index in [4.69, 9.17) is 0 Å². The summed E-state index contributed by atoms with van der Waals surface area (Å²) < 4.78 is 0. The molecule has 2 bridgehead atoms. The van der Waals surface area contributed by atoms with Crippen molar-refractivity contribution in [3.05, 3.63) is 136 Å². The summed E-state index contributed by atoms with van der Waals surface area (Å²) in [5.41, 5.74) is 9.67. The van der Waals surface area contributed by atoms with Crippen molar-refractivity contribution >= 4 is 30.7 Å². The van der Waals surface area contributed by atoms with E-state index in [-0.39, 0.29) is 17.5 Å². The van der Waals surface area contributed by atoms with Crippen LogP contribution in [0.15, 0.2) is 91.0 Å². The molecule has 0 aromatic heterocycles. The lowest BCUT2D eigenvalue weighted by atomic mass is 9.70. The lowest BCUT2D eigenvalue weighted by Gasteiger charge is -2.52. The molecule has 1 spiro atoms. The van der Waals surface area contributed by atoms with E-state index in [1.54, 1.807) is 0 Å². The second-order valence-electron chi connectivity index (χ2n) is 12.5. The van der Waals surface area contributed by atoms with Crippen LogP contribution in [0.3, 0.4) is 0 Å². The average Bonchev–Trinajstić information content (AvgIpc) is 3.61. The largest absolute Gasteiger partial charge is 0.298 e. The van der Waals surface area contributed by atoms with Gasteiger partial charge in [-0.1, -0.05) is 78.9 Å². The number of nitrogens with zero attached hydrogens (tertiary/aromatic N) is 1. The number of aldehydes is 4. The second kappa shape index (κ2) is 9.38. The van der Waals surface area contributed by atoms with Gasteiger partial charge in [0.05, 0.1) is 11.1 Å². The Morgan fingerprint density at radius 1 is 0.651 bits per heavy atom. The highest BCUT2D eigenvalue weighted by Gasteiger charge is 2.65. The molecule has 4 atom stereocenters. The molecule has 4 aliphatic rings. The van der Waals surface area contributed by atoms with Gasteiger partial charge in [0.25, 0.3) is 0 Å². The predicted octanol–water partition coefficient (Wildman–Crippen LogP) is 7.15. The molecule has 4 unspecified atom stereocenters. The first kappa shape index (κ1) is 25.9. The normalized spacial score (nSPS) is 26.4. The van der Waals surface area contributed by atoms with E-state index < -0.39 is 5.54 Å². The summed E-state index contributed by atoms with van der Waals surface area (Å²) in [4.78, 5) is 49.7. The van der Waals surface area contributed by atoms with Crippen LogP contribution < -0.4 is 0 Å². The topological polar surface area (TPSA) is 71.5 Å². The Bertz CT molecular complexity index is 1870. The third kappa shape index (κ3) is 3.55. The standard InChI is InChI=1S/C38H29NO4/c40-20-24-1-7-28(8-2-24)34-19-38(30-9-3-25(21-41)4-10-30)18-29-17-37(14-13-36(34)39(37)38)35-12-6-27(23-43)16-33(35)32-15-26(22-42)5-11-31(29)32/h1-12,15-16,18,20-23,34,36H,13-14,17,19H2. The van der Waals surface area contributed by atoms with E-state index in [2.05, 4.69) is 47.4 Å². The minimum absolute atomic E-state index is 0.234. The summed E-state index contributed by atoms with van der Waals surface area (Å²) in [7, 11) is 0. The molecule has 5 heteroatoms. The molecule has 0 N–H and O–H groups in total. The fourth-order valence-corrected chi connectivity index (χ4v) is 8.83. The molecule has 0 saturated carbocycles. The van der Waals surface area contributed by atoms with Crippen molar-refractivity contribution in [1.82, 2.24) is 4.90 Å². The number of benzene rings is 4. The molecule has 2 fully saturated rings. The van der Waals surface area contributed by atoms with Crippen LogP contribution in [0, 0.1) is 0 Å². The first-order valence-electron chi connectivity index (χ1n) is 14.9. The Kier molecular flexibility index (Phi) is 5.66. The third-order valence-electron chi connectivity index (χ3n) is 10.5. The van der Waals surface area contributed by atoms with Gasteiger partial charge in [0, 0.05) is 34.2 Å². The third-order valence-corrected chi connectivity index (χ3v) is 10.5. The Morgan fingerprint density at radius 2 is 1.26 bits per heavy atom. The van der Waals surface area contributed by atoms with Gasteiger partial charge in [-0.2, -0.15) is 0 Å². The monoisotopic (exact) mass is 563 g/mol. The van der Waals surface area contributed by atoms with Crippen molar-refractivity contribution in [1.29, 1.82) is 0 Å². The molecule has 0 amide bonds. The molecule has 5 nitrogen and oxygen atoms in total. The fraction of sp³-hybridized carbons (Fsp3) is 0.211. The Balaban J connectivity index is 1.43. The molecule has 2 saturated heterocycles. The van der Waals surface area contributed by atoms with Crippen LogP contribution in [0.5, 0.6) is 0 Å². The number of hydrogen-bond acceptors (Lipinski definition) is 5. The van der Waals surface area contributed by atoms with E-state index in [9.17, 15) is 19.2 Å². The van der Waals surface area contributed by atoms with Gasteiger partial charge in [-0.05, 0) is 76.8 Å². The molecule has 4 aromatic carbocycles. The van der Waals surface area contributed by atoms with E-state index in [0.717, 1.165) is 73.1 Å². The molecular formula is C38H29NO4. The highest BCUT2D eigenvalue weighted by atomic mass is 16.1. The molecule has 43 heavy (non-hydrogen) atoms. The van der Waals surface area contributed by atoms with E-state index in [1.165, 1.54) is 16.7 Å². The van der Waals surface area contributed by atoms with Crippen molar-refractivity contribution < 1.29 is 19.2 Å². The number of hydrogen-bond donors (Lipinski definition) is 0. The van der Waals surface area contributed by atoms with Crippen molar-refractivity contribution in [3.8, 4) is 11.1 Å². The van der Waals surface area contributed by atoms with Gasteiger partial charge in [0.2, 0.25) is 0 Å². The zero-order chi connectivity index (χ0) is 29.3. The smallest absolute Gasteiger partial charge is 0.150 e. The van der Waals surface area contributed by atoms with Crippen LogP contribution in [-0.4, -0.2) is 36.1 Å². The highest BCUT2D eigenvalue weighted by molar-refractivity contribution is 5.92. The first-order chi connectivity index (χ1) is 21.0. The summed E-state index contributed by atoms with van der Waals surface area (Å²) in [6.07, 6.45) is 9.63. The SMILES string of the molecule is O=Cc1ccc(C2CC3(c4ccc(C=O)cc4)C=C4CC5(CCC2N35)c2ccc(C=O)cc2-c2cc(C=O)ccc24)cc1. The first-order valence-corrected chi connectivity index (χ1v) is 14.9. The fourth-order valence-electron chi connectivity index (χ4n) is 8.83. The number of fused-ring (bicyclic) bond motifs is 5. The van der Waals surface area contributed by atoms with Gasteiger partial charge in [0.15, 0.2) is 0 Å². The van der Waals surface area contributed by atoms with Gasteiger partial charge < -0.3 is 0 Å². The molecular weight excluding hydrogens is 534 g/mol. The molecule has 3 aliphatic heterocycles.